The second kappa shape index (κ2) is 6.64. The largest absolute Gasteiger partial charge is 0.382 e. The van der Waals surface area contributed by atoms with Gasteiger partial charge in [-0.15, -0.1) is 0 Å². The number of nitrogens with zero attached hydrogens (tertiary/aromatic N) is 3. The Hall–Kier alpha value is -1.64. The van der Waals surface area contributed by atoms with Gasteiger partial charge < -0.3 is 14.4 Å². The Bertz CT molecular complexity index is 582. The van der Waals surface area contributed by atoms with Crippen LogP contribution in [0.5, 0.6) is 0 Å². The van der Waals surface area contributed by atoms with Crippen LogP contribution in [0.4, 0.5) is 5.82 Å². The summed E-state index contributed by atoms with van der Waals surface area (Å²) in [4.78, 5) is 7.03. The summed E-state index contributed by atoms with van der Waals surface area (Å²) in [5.41, 5.74) is 3.11. The third kappa shape index (κ3) is 3.08. The molecule has 1 aromatic rings. The SMILES string of the molecule is COCC1CN(c2nc3c(cc2C#N)CCCC3)CC(C)O1. The van der Waals surface area contributed by atoms with Crippen LogP contribution in [0.3, 0.4) is 0 Å². The van der Waals surface area contributed by atoms with Crippen molar-refractivity contribution >= 4 is 5.82 Å². The molecule has 0 amide bonds. The van der Waals surface area contributed by atoms with Crippen LogP contribution in [0.15, 0.2) is 6.07 Å². The molecule has 2 heterocycles. The lowest BCUT2D eigenvalue weighted by Gasteiger charge is -2.38. The van der Waals surface area contributed by atoms with Gasteiger partial charge in [0.05, 0.1) is 24.4 Å². The Labute approximate surface area is 131 Å². The van der Waals surface area contributed by atoms with E-state index in [1.807, 2.05) is 6.07 Å². The molecule has 0 N–H and O–H groups in total. The van der Waals surface area contributed by atoms with Crippen LogP contribution in [-0.2, 0) is 22.3 Å². The molecule has 0 radical (unpaired) electrons. The monoisotopic (exact) mass is 301 g/mol. The fourth-order valence-corrected chi connectivity index (χ4v) is 3.44. The third-order valence-electron chi connectivity index (χ3n) is 4.38. The standard InChI is InChI=1S/C17H23N3O2/c1-12-9-20(10-15(22-12)11-21-2)17-14(8-18)7-13-5-3-4-6-16(13)19-17/h7,12,15H,3-6,9-11H2,1-2H3. The lowest BCUT2D eigenvalue weighted by Crippen LogP contribution is -2.49. The predicted octanol–water partition coefficient (Wildman–Crippen LogP) is 2.07. The maximum Gasteiger partial charge on any atom is 0.147 e. The van der Waals surface area contributed by atoms with Crippen molar-refractivity contribution in [1.82, 2.24) is 4.98 Å². The van der Waals surface area contributed by atoms with Gasteiger partial charge in [0.25, 0.3) is 0 Å². The van der Waals surface area contributed by atoms with Gasteiger partial charge in [-0.2, -0.15) is 5.26 Å². The lowest BCUT2D eigenvalue weighted by molar-refractivity contribution is -0.0512. The summed E-state index contributed by atoms with van der Waals surface area (Å²) in [6.07, 6.45) is 4.59. The fourth-order valence-electron chi connectivity index (χ4n) is 3.44. The maximum atomic E-state index is 9.51. The first kappa shape index (κ1) is 15.3. The van der Waals surface area contributed by atoms with Crippen molar-refractivity contribution in [2.75, 3.05) is 31.7 Å². The van der Waals surface area contributed by atoms with Crippen LogP contribution in [0.1, 0.15) is 36.6 Å². The molecule has 22 heavy (non-hydrogen) atoms. The molecular weight excluding hydrogens is 278 g/mol. The minimum Gasteiger partial charge on any atom is -0.382 e. The number of aromatic nitrogens is 1. The Morgan fingerprint density at radius 1 is 1.41 bits per heavy atom. The van der Waals surface area contributed by atoms with E-state index in [4.69, 9.17) is 14.5 Å². The molecule has 1 aliphatic carbocycles. The van der Waals surface area contributed by atoms with Crippen LogP contribution in [-0.4, -0.2) is 44.0 Å². The van der Waals surface area contributed by atoms with E-state index in [9.17, 15) is 5.26 Å². The van der Waals surface area contributed by atoms with E-state index in [0.29, 0.717) is 12.2 Å². The molecule has 0 spiro atoms. The highest BCUT2D eigenvalue weighted by Crippen LogP contribution is 2.28. The second-order valence-corrected chi connectivity index (χ2v) is 6.21. The predicted molar refractivity (Wildman–Crippen MR) is 84.0 cm³/mol. The Morgan fingerprint density at radius 3 is 3.00 bits per heavy atom. The van der Waals surface area contributed by atoms with Gasteiger partial charge in [-0.1, -0.05) is 0 Å². The van der Waals surface area contributed by atoms with E-state index < -0.39 is 0 Å². The molecule has 1 fully saturated rings. The summed E-state index contributed by atoms with van der Waals surface area (Å²) in [6, 6.07) is 4.37. The number of hydrogen-bond donors (Lipinski definition) is 0. The molecule has 0 aromatic carbocycles. The number of anilines is 1. The van der Waals surface area contributed by atoms with Gasteiger partial charge in [-0.3, -0.25) is 0 Å². The van der Waals surface area contributed by atoms with E-state index in [1.54, 1.807) is 7.11 Å². The first-order chi connectivity index (χ1) is 10.7. The number of pyridine rings is 1. The van der Waals surface area contributed by atoms with Crippen molar-refractivity contribution in [2.24, 2.45) is 0 Å². The van der Waals surface area contributed by atoms with Gasteiger partial charge >= 0.3 is 0 Å². The quantitative estimate of drug-likeness (QED) is 0.855. The molecule has 2 aliphatic rings. The molecule has 118 valence electrons. The zero-order valence-corrected chi connectivity index (χ0v) is 13.3. The Morgan fingerprint density at radius 2 is 2.23 bits per heavy atom. The lowest BCUT2D eigenvalue weighted by atomic mass is 9.94. The Kier molecular flexibility index (Phi) is 4.60. The molecule has 1 saturated heterocycles. The van der Waals surface area contributed by atoms with Crippen molar-refractivity contribution in [3.8, 4) is 6.07 Å². The van der Waals surface area contributed by atoms with Crippen LogP contribution in [0, 0.1) is 11.3 Å². The van der Waals surface area contributed by atoms with Crippen molar-refractivity contribution in [3.63, 3.8) is 0 Å². The molecular formula is C17H23N3O2. The molecule has 0 bridgehead atoms. The van der Waals surface area contributed by atoms with Gasteiger partial charge in [0.15, 0.2) is 0 Å². The minimum absolute atomic E-state index is 0.0260. The molecule has 1 aromatic heterocycles. The first-order valence-electron chi connectivity index (χ1n) is 8.03. The molecule has 5 heteroatoms. The number of nitriles is 1. The maximum absolute atomic E-state index is 9.51. The molecule has 2 unspecified atom stereocenters. The first-order valence-corrected chi connectivity index (χ1v) is 8.03. The Balaban J connectivity index is 1.91. The summed E-state index contributed by atoms with van der Waals surface area (Å²) in [5.74, 6) is 0.819. The highest BCUT2D eigenvalue weighted by atomic mass is 16.5. The van der Waals surface area contributed by atoms with Gasteiger partial charge in [0.1, 0.15) is 11.9 Å². The molecule has 2 atom stereocenters. The number of fused-ring (bicyclic) bond motifs is 1. The van der Waals surface area contributed by atoms with Crippen molar-refractivity contribution in [3.05, 3.63) is 22.9 Å². The zero-order chi connectivity index (χ0) is 15.5. The van der Waals surface area contributed by atoms with E-state index in [0.717, 1.165) is 31.7 Å². The van der Waals surface area contributed by atoms with Crippen LogP contribution in [0.25, 0.3) is 0 Å². The molecule has 0 saturated carbocycles. The van der Waals surface area contributed by atoms with Crippen molar-refractivity contribution < 1.29 is 9.47 Å². The van der Waals surface area contributed by atoms with E-state index >= 15 is 0 Å². The average molecular weight is 301 g/mol. The number of aryl methyl sites for hydroxylation is 2. The highest BCUT2D eigenvalue weighted by molar-refractivity contribution is 5.57. The van der Waals surface area contributed by atoms with Crippen LogP contribution >= 0.6 is 0 Å². The van der Waals surface area contributed by atoms with Crippen LogP contribution in [0.2, 0.25) is 0 Å². The minimum atomic E-state index is 0.0260. The number of hydrogen-bond acceptors (Lipinski definition) is 5. The van der Waals surface area contributed by atoms with Crippen molar-refractivity contribution in [1.29, 1.82) is 5.26 Å². The van der Waals surface area contributed by atoms with Gasteiger partial charge in [-0.25, -0.2) is 4.98 Å². The van der Waals surface area contributed by atoms with Gasteiger partial charge in [-0.05, 0) is 44.2 Å². The number of ether oxygens (including phenoxy) is 2. The number of methoxy groups -OCH3 is 1. The summed E-state index contributed by atoms with van der Waals surface area (Å²) >= 11 is 0. The van der Waals surface area contributed by atoms with Gasteiger partial charge in [0.2, 0.25) is 0 Å². The van der Waals surface area contributed by atoms with E-state index in [-0.39, 0.29) is 12.2 Å². The zero-order valence-electron chi connectivity index (χ0n) is 13.3. The second-order valence-electron chi connectivity index (χ2n) is 6.21. The number of rotatable bonds is 3. The topological polar surface area (TPSA) is 58.4 Å². The van der Waals surface area contributed by atoms with Crippen molar-refractivity contribution in [2.45, 2.75) is 44.8 Å². The smallest absolute Gasteiger partial charge is 0.147 e. The molecule has 3 rings (SSSR count). The third-order valence-corrected chi connectivity index (χ3v) is 4.38. The normalized spacial score (nSPS) is 24.7. The summed E-state index contributed by atoms with van der Waals surface area (Å²) in [5, 5.41) is 9.51. The molecule has 1 aliphatic heterocycles. The highest BCUT2D eigenvalue weighted by Gasteiger charge is 2.28. The van der Waals surface area contributed by atoms with E-state index in [2.05, 4.69) is 17.9 Å². The van der Waals surface area contributed by atoms with E-state index in [1.165, 1.54) is 24.1 Å². The molecule has 5 nitrogen and oxygen atoms in total. The summed E-state index contributed by atoms with van der Waals surface area (Å²) in [7, 11) is 1.69. The summed E-state index contributed by atoms with van der Waals surface area (Å²) in [6.45, 7) is 4.10. The van der Waals surface area contributed by atoms with Crippen LogP contribution < -0.4 is 4.90 Å². The fraction of sp³-hybridized carbons (Fsp3) is 0.647. The summed E-state index contributed by atoms with van der Waals surface area (Å²) < 4.78 is 11.1. The average Bonchev–Trinajstić information content (AvgIpc) is 2.53. The number of morpholine rings is 1. The van der Waals surface area contributed by atoms with Gasteiger partial charge in [0, 0.05) is 25.9 Å².